The summed E-state index contributed by atoms with van der Waals surface area (Å²) in [6.07, 6.45) is 0. The number of methoxy groups -OCH3 is 1. The van der Waals surface area contributed by atoms with Crippen molar-refractivity contribution in [3.05, 3.63) is 93.5 Å². The number of amides is 4. The fraction of sp³-hybridized carbons (Fsp3) is 0.0833. The number of non-ortho nitro benzene ring substituents is 1. The molecule has 0 saturated heterocycles. The molecule has 1 heterocycles. The van der Waals surface area contributed by atoms with Crippen LogP contribution in [-0.4, -0.2) is 47.1 Å². The predicted molar refractivity (Wildman–Crippen MR) is 124 cm³/mol. The van der Waals surface area contributed by atoms with Crippen LogP contribution in [0.1, 0.15) is 31.1 Å². The van der Waals surface area contributed by atoms with E-state index in [1.165, 1.54) is 30.3 Å². The van der Waals surface area contributed by atoms with Gasteiger partial charge in [0.25, 0.3) is 23.4 Å². The molecule has 0 spiro atoms. The van der Waals surface area contributed by atoms with Gasteiger partial charge in [0.15, 0.2) is 0 Å². The van der Waals surface area contributed by atoms with E-state index in [0.29, 0.717) is 22.7 Å². The zero-order valence-electron chi connectivity index (χ0n) is 18.3. The number of nitrogens with one attached hydrogen (secondary N) is 2. The summed E-state index contributed by atoms with van der Waals surface area (Å²) in [6, 6.07) is 16.2. The molecule has 176 valence electrons. The van der Waals surface area contributed by atoms with Crippen LogP contribution in [-0.2, 0) is 4.79 Å². The number of hydrogen-bond acceptors (Lipinski definition) is 7. The molecule has 3 aromatic rings. The van der Waals surface area contributed by atoms with Gasteiger partial charge in [-0.1, -0.05) is 0 Å². The second-order valence-corrected chi connectivity index (χ2v) is 7.49. The molecule has 2 N–H and O–H groups in total. The normalized spacial score (nSPS) is 12.2. The average Bonchev–Trinajstić information content (AvgIpc) is 3.09. The van der Waals surface area contributed by atoms with Crippen molar-refractivity contribution in [2.24, 2.45) is 0 Å². The van der Waals surface area contributed by atoms with E-state index in [9.17, 15) is 29.3 Å². The second kappa shape index (κ2) is 9.43. The lowest BCUT2D eigenvalue weighted by Gasteiger charge is -2.14. The zero-order valence-corrected chi connectivity index (χ0v) is 18.3. The van der Waals surface area contributed by atoms with Crippen LogP contribution in [0.2, 0.25) is 0 Å². The van der Waals surface area contributed by atoms with Crippen molar-refractivity contribution in [3.63, 3.8) is 0 Å². The van der Waals surface area contributed by atoms with Gasteiger partial charge in [-0.15, -0.1) is 0 Å². The third-order valence-electron chi connectivity index (χ3n) is 5.25. The Morgan fingerprint density at radius 2 is 1.49 bits per heavy atom. The number of imide groups is 1. The van der Waals surface area contributed by atoms with Crippen molar-refractivity contribution in [2.75, 3.05) is 24.3 Å². The highest BCUT2D eigenvalue weighted by Crippen LogP contribution is 2.26. The lowest BCUT2D eigenvalue weighted by atomic mass is 10.1. The number of carbonyl (C=O) groups excluding carboxylic acids is 4. The summed E-state index contributed by atoms with van der Waals surface area (Å²) in [5, 5.41) is 16.2. The molecule has 11 heteroatoms. The molecule has 4 rings (SSSR count). The third kappa shape index (κ3) is 4.83. The zero-order chi connectivity index (χ0) is 25.1. The van der Waals surface area contributed by atoms with Gasteiger partial charge in [-0.3, -0.25) is 34.2 Å². The Balaban J connectivity index is 1.37. The molecule has 1 aliphatic rings. The fourth-order valence-electron chi connectivity index (χ4n) is 3.46. The van der Waals surface area contributed by atoms with Crippen molar-refractivity contribution >= 4 is 40.7 Å². The summed E-state index contributed by atoms with van der Waals surface area (Å²) < 4.78 is 5.07. The Labute approximate surface area is 198 Å². The molecular weight excluding hydrogens is 456 g/mol. The maximum atomic E-state index is 12.5. The van der Waals surface area contributed by atoms with Crippen molar-refractivity contribution in [1.82, 2.24) is 4.90 Å². The lowest BCUT2D eigenvalue weighted by Crippen LogP contribution is -2.37. The summed E-state index contributed by atoms with van der Waals surface area (Å²) in [7, 11) is 1.54. The Morgan fingerprint density at radius 1 is 0.886 bits per heavy atom. The number of nitro benzene ring substituents is 1. The number of nitro groups is 1. The van der Waals surface area contributed by atoms with Crippen molar-refractivity contribution in [3.8, 4) is 5.75 Å². The van der Waals surface area contributed by atoms with Gasteiger partial charge in [0.05, 0.1) is 23.2 Å². The molecule has 4 amide bonds. The average molecular weight is 474 g/mol. The van der Waals surface area contributed by atoms with Gasteiger partial charge in [0, 0.05) is 29.1 Å². The SMILES string of the molecule is COc1ccc(NC(=O)c2ccc(NC(=O)CN3C(=O)c4ccc([N+](=O)[O-])cc4C3=O)cc2)cc1. The first-order valence-electron chi connectivity index (χ1n) is 10.3. The maximum absolute atomic E-state index is 12.5. The van der Waals surface area contributed by atoms with Crippen LogP contribution in [0.3, 0.4) is 0 Å². The molecule has 0 fully saturated rings. The third-order valence-corrected chi connectivity index (χ3v) is 5.25. The highest BCUT2D eigenvalue weighted by atomic mass is 16.6. The number of anilines is 2. The standard InChI is InChI=1S/C24H18N4O7/c1-35-18-9-6-16(7-10-18)26-22(30)14-2-4-15(5-3-14)25-21(29)13-27-23(31)19-11-8-17(28(33)34)12-20(19)24(27)32/h2-12H,13H2,1H3,(H,25,29)(H,26,30). The predicted octanol–water partition coefficient (Wildman–Crippen LogP) is 3.09. The molecule has 0 aromatic heterocycles. The van der Waals surface area contributed by atoms with E-state index in [4.69, 9.17) is 4.74 Å². The van der Waals surface area contributed by atoms with Crippen LogP contribution < -0.4 is 15.4 Å². The fourth-order valence-corrected chi connectivity index (χ4v) is 3.46. The monoisotopic (exact) mass is 474 g/mol. The van der Waals surface area contributed by atoms with E-state index < -0.39 is 29.2 Å². The number of fused-ring (bicyclic) bond motifs is 1. The lowest BCUT2D eigenvalue weighted by molar-refractivity contribution is -0.384. The summed E-state index contributed by atoms with van der Waals surface area (Å²) in [5.41, 5.74) is 0.834. The smallest absolute Gasteiger partial charge is 0.270 e. The Morgan fingerprint density at radius 3 is 2.11 bits per heavy atom. The number of hydrogen-bond donors (Lipinski definition) is 2. The van der Waals surface area contributed by atoms with E-state index >= 15 is 0 Å². The summed E-state index contributed by atoms with van der Waals surface area (Å²) in [4.78, 5) is 60.9. The van der Waals surface area contributed by atoms with Crippen LogP contribution >= 0.6 is 0 Å². The van der Waals surface area contributed by atoms with Crippen LogP contribution in [0, 0.1) is 10.1 Å². The maximum Gasteiger partial charge on any atom is 0.270 e. The molecule has 1 aliphatic heterocycles. The molecule has 35 heavy (non-hydrogen) atoms. The van der Waals surface area contributed by atoms with E-state index in [0.717, 1.165) is 17.0 Å². The Bertz CT molecular complexity index is 1350. The van der Waals surface area contributed by atoms with Gasteiger partial charge in [-0.25, -0.2) is 0 Å². The van der Waals surface area contributed by atoms with E-state index in [1.54, 1.807) is 31.4 Å². The first kappa shape index (κ1) is 23.1. The molecule has 0 bridgehead atoms. The van der Waals surface area contributed by atoms with Crippen molar-refractivity contribution in [1.29, 1.82) is 0 Å². The highest BCUT2D eigenvalue weighted by Gasteiger charge is 2.37. The van der Waals surface area contributed by atoms with Crippen LogP contribution in [0.5, 0.6) is 5.75 Å². The van der Waals surface area contributed by atoms with Gasteiger partial charge >= 0.3 is 0 Å². The summed E-state index contributed by atoms with van der Waals surface area (Å²) >= 11 is 0. The first-order chi connectivity index (χ1) is 16.8. The number of rotatable bonds is 7. The minimum atomic E-state index is -0.783. The number of nitrogens with zero attached hydrogens (tertiary/aromatic N) is 2. The van der Waals surface area contributed by atoms with Crippen molar-refractivity contribution in [2.45, 2.75) is 0 Å². The largest absolute Gasteiger partial charge is 0.497 e. The number of benzene rings is 3. The highest BCUT2D eigenvalue weighted by molar-refractivity contribution is 6.23. The minimum Gasteiger partial charge on any atom is -0.497 e. The first-order valence-corrected chi connectivity index (χ1v) is 10.3. The molecule has 0 saturated carbocycles. The van der Waals surface area contributed by atoms with Crippen LogP contribution in [0.15, 0.2) is 66.7 Å². The molecule has 0 unspecified atom stereocenters. The van der Waals surface area contributed by atoms with E-state index in [2.05, 4.69) is 10.6 Å². The van der Waals surface area contributed by atoms with Gasteiger partial charge in [-0.2, -0.15) is 0 Å². The molecular formula is C24H18N4O7. The van der Waals surface area contributed by atoms with E-state index in [1.807, 2.05) is 0 Å². The van der Waals surface area contributed by atoms with E-state index in [-0.39, 0.29) is 22.7 Å². The van der Waals surface area contributed by atoms with Gasteiger partial charge < -0.3 is 15.4 Å². The van der Waals surface area contributed by atoms with Crippen molar-refractivity contribution < 1.29 is 28.8 Å². The topological polar surface area (TPSA) is 148 Å². The molecule has 3 aromatic carbocycles. The number of carbonyl (C=O) groups is 4. The number of ether oxygens (including phenoxy) is 1. The molecule has 0 atom stereocenters. The molecule has 11 nitrogen and oxygen atoms in total. The molecule has 0 aliphatic carbocycles. The van der Waals surface area contributed by atoms with Gasteiger partial charge in [0.1, 0.15) is 12.3 Å². The summed E-state index contributed by atoms with van der Waals surface area (Å²) in [5.74, 6) is -1.83. The van der Waals surface area contributed by atoms with Gasteiger partial charge in [0.2, 0.25) is 5.91 Å². The summed E-state index contributed by atoms with van der Waals surface area (Å²) in [6.45, 7) is -0.570. The quantitative estimate of drug-likeness (QED) is 0.304. The Kier molecular flexibility index (Phi) is 6.23. The Hall–Kier alpha value is -5.06. The van der Waals surface area contributed by atoms with Crippen LogP contribution in [0.4, 0.5) is 17.1 Å². The van der Waals surface area contributed by atoms with Crippen LogP contribution in [0.25, 0.3) is 0 Å². The molecule has 0 radical (unpaired) electrons. The minimum absolute atomic E-state index is 0.000579. The van der Waals surface area contributed by atoms with Gasteiger partial charge in [-0.05, 0) is 54.6 Å². The second-order valence-electron chi connectivity index (χ2n) is 7.49.